The number of nitro groups is 1. The lowest BCUT2D eigenvalue weighted by Crippen LogP contribution is -2.42. The molecule has 0 amide bonds. The van der Waals surface area contributed by atoms with Crippen molar-refractivity contribution in [3.05, 3.63) is 33.9 Å². The normalized spacial score (nSPS) is 24.5. The largest absolute Gasteiger partial charge is 0.389 e. The van der Waals surface area contributed by atoms with Gasteiger partial charge in [0.1, 0.15) is 5.69 Å². The molecule has 0 spiro atoms. The van der Waals surface area contributed by atoms with E-state index >= 15 is 0 Å². The molecule has 2 rings (SSSR count). The van der Waals surface area contributed by atoms with Crippen molar-refractivity contribution in [2.45, 2.75) is 45.8 Å². The van der Waals surface area contributed by atoms with Crippen molar-refractivity contribution in [3.63, 3.8) is 0 Å². The number of hydrogen-bond donors (Lipinski definition) is 1. The van der Waals surface area contributed by atoms with Crippen LogP contribution in [0.25, 0.3) is 0 Å². The molecule has 3 atom stereocenters. The summed E-state index contributed by atoms with van der Waals surface area (Å²) in [5.41, 5.74) is 1.33. The minimum Gasteiger partial charge on any atom is -0.389 e. The highest BCUT2D eigenvalue weighted by molar-refractivity contribution is 5.65. The standard InChI is InChI=1S/C15H22N2O3/c1-10-5-4-8-16(11(10)2)14-7-6-13(12(3)18)9-15(14)17(19)20/h6-7,9-12,18H,4-5,8H2,1-3H3/t10?,11?,12-/m1/s1. The molecule has 5 heteroatoms. The number of anilines is 1. The third-order valence-corrected chi connectivity index (χ3v) is 4.36. The van der Waals surface area contributed by atoms with Crippen molar-refractivity contribution in [1.29, 1.82) is 0 Å². The van der Waals surface area contributed by atoms with Crippen LogP contribution in [0.3, 0.4) is 0 Å². The second kappa shape index (κ2) is 5.79. The minimum absolute atomic E-state index is 0.0874. The zero-order valence-electron chi connectivity index (χ0n) is 12.2. The molecular formula is C15H22N2O3. The van der Waals surface area contributed by atoms with Gasteiger partial charge >= 0.3 is 0 Å². The summed E-state index contributed by atoms with van der Waals surface area (Å²) in [5.74, 6) is 0.528. The molecule has 1 aromatic rings. The third-order valence-electron chi connectivity index (χ3n) is 4.36. The highest BCUT2D eigenvalue weighted by Gasteiger charge is 2.29. The number of hydrogen-bond acceptors (Lipinski definition) is 4. The van der Waals surface area contributed by atoms with Crippen LogP contribution in [-0.4, -0.2) is 22.6 Å². The number of aliphatic hydroxyl groups excluding tert-OH is 1. The maximum absolute atomic E-state index is 11.3. The van der Waals surface area contributed by atoms with Gasteiger partial charge in [-0.2, -0.15) is 0 Å². The van der Waals surface area contributed by atoms with Gasteiger partial charge in [-0.3, -0.25) is 10.1 Å². The van der Waals surface area contributed by atoms with Crippen molar-refractivity contribution in [3.8, 4) is 0 Å². The molecule has 1 saturated heterocycles. The van der Waals surface area contributed by atoms with Crippen LogP contribution in [-0.2, 0) is 0 Å². The number of aliphatic hydroxyl groups is 1. The van der Waals surface area contributed by atoms with Crippen molar-refractivity contribution in [2.24, 2.45) is 5.92 Å². The Morgan fingerprint density at radius 3 is 2.75 bits per heavy atom. The Bertz CT molecular complexity index is 502. The number of nitrogens with zero attached hydrogens (tertiary/aromatic N) is 2. The summed E-state index contributed by atoms with van der Waals surface area (Å²) < 4.78 is 0. The SMILES string of the molecule is CC1CCCN(c2ccc([C@@H](C)O)cc2[N+](=O)[O-])C1C. The molecule has 0 aliphatic carbocycles. The van der Waals surface area contributed by atoms with E-state index in [4.69, 9.17) is 0 Å². The summed E-state index contributed by atoms with van der Waals surface area (Å²) >= 11 is 0. The Morgan fingerprint density at radius 1 is 1.45 bits per heavy atom. The van der Waals surface area contributed by atoms with Gasteiger partial charge in [0.05, 0.1) is 11.0 Å². The predicted octanol–water partition coefficient (Wildman–Crippen LogP) is 3.27. The lowest BCUT2D eigenvalue weighted by Gasteiger charge is -2.39. The van der Waals surface area contributed by atoms with Gasteiger partial charge in [0.25, 0.3) is 5.69 Å². The first-order valence-electron chi connectivity index (χ1n) is 7.15. The average Bonchev–Trinajstić information content (AvgIpc) is 2.41. The molecule has 1 N–H and O–H groups in total. The van der Waals surface area contributed by atoms with E-state index in [1.165, 1.54) is 6.07 Å². The third kappa shape index (κ3) is 2.77. The lowest BCUT2D eigenvalue weighted by atomic mass is 9.91. The zero-order chi connectivity index (χ0) is 14.9. The van der Waals surface area contributed by atoms with Gasteiger partial charge < -0.3 is 10.0 Å². The maximum atomic E-state index is 11.3. The van der Waals surface area contributed by atoms with Gasteiger partial charge in [-0.1, -0.05) is 13.0 Å². The summed E-state index contributed by atoms with van der Waals surface area (Å²) in [6.45, 7) is 6.77. The van der Waals surface area contributed by atoms with Crippen LogP contribution in [0.4, 0.5) is 11.4 Å². The molecule has 5 nitrogen and oxygen atoms in total. The van der Waals surface area contributed by atoms with E-state index in [2.05, 4.69) is 18.7 Å². The van der Waals surface area contributed by atoms with Crippen LogP contribution in [0.2, 0.25) is 0 Å². The van der Waals surface area contributed by atoms with E-state index < -0.39 is 6.10 Å². The fourth-order valence-corrected chi connectivity index (χ4v) is 2.86. The van der Waals surface area contributed by atoms with Gasteiger partial charge in [-0.25, -0.2) is 0 Å². The Balaban J connectivity index is 2.42. The van der Waals surface area contributed by atoms with Crippen LogP contribution in [0.1, 0.15) is 45.3 Å². The second-order valence-electron chi connectivity index (χ2n) is 5.73. The molecular weight excluding hydrogens is 256 g/mol. The van der Waals surface area contributed by atoms with Crippen LogP contribution in [0, 0.1) is 16.0 Å². The summed E-state index contributed by atoms with van der Waals surface area (Å²) in [4.78, 5) is 13.1. The van der Waals surface area contributed by atoms with E-state index in [1.807, 2.05) is 0 Å². The van der Waals surface area contributed by atoms with E-state index in [0.717, 1.165) is 19.4 Å². The first kappa shape index (κ1) is 14.8. The van der Waals surface area contributed by atoms with Gasteiger partial charge in [0, 0.05) is 18.7 Å². The van der Waals surface area contributed by atoms with Crippen molar-refractivity contribution in [1.82, 2.24) is 0 Å². The number of rotatable bonds is 3. The van der Waals surface area contributed by atoms with Gasteiger partial charge in [0.2, 0.25) is 0 Å². The Hall–Kier alpha value is -1.62. The summed E-state index contributed by atoms with van der Waals surface area (Å²) in [6.07, 6.45) is 1.53. The van der Waals surface area contributed by atoms with E-state index in [9.17, 15) is 15.2 Å². The van der Waals surface area contributed by atoms with Gasteiger partial charge in [0.15, 0.2) is 0 Å². The summed E-state index contributed by atoms with van der Waals surface area (Å²) in [7, 11) is 0. The number of nitro benzene ring substituents is 1. The predicted molar refractivity (Wildman–Crippen MR) is 78.9 cm³/mol. The summed E-state index contributed by atoms with van der Waals surface area (Å²) in [6, 6.07) is 5.33. The smallest absolute Gasteiger partial charge is 0.292 e. The minimum atomic E-state index is -0.694. The van der Waals surface area contributed by atoms with E-state index in [-0.39, 0.29) is 10.6 Å². The van der Waals surface area contributed by atoms with E-state index in [0.29, 0.717) is 23.2 Å². The molecule has 0 bridgehead atoms. The van der Waals surface area contributed by atoms with Crippen LogP contribution >= 0.6 is 0 Å². The molecule has 0 saturated carbocycles. The maximum Gasteiger partial charge on any atom is 0.292 e. The highest BCUT2D eigenvalue weighted by atomic mass is 16.6. The first-order valence-corrected chi connectivity index (χ1v) is 7.15. The monoisotopic (exact) mass is 278 g/mol. The Kier molecular flexibility index (Phi) is 4.28. The first-order chi connectivity index (χ1) is 9.41. The van der Waals surface area contributed by atoms with Crippen molar-refractivity contribution < 1.29 is 10.0 Å². The molecule has 1 aliphatic heterocycles. The molecule has 1 aromatic carbocycles. The average molecular weight is 278 g/mol. The van der Waals surface area contributed by atoms with Crippen LogP contribution < -0.4 is 4.90 Å². The molecule has 2 unspecified atom stereocenters. The van der Waals surface area contributed by atoms with E-state index in [1.54, 1.807) is 19.1 Å². The molecule has 1 fully saturated rings. The van der Waals surface area contributed by atoms with Gasteiger partial charge in [-0.15, -0.1) is 0 Å². The quantitative estimate of drug-likeness (QED) is 0.680. The second-order valence-corrected chi connectivity index (χ2v) is 5.73. The topological polar surface area (TPSA) is 66.6 Å². The lowest BCUT2D eigenvalue weighted by molar-refractivity contribution is -0.384. The molecule has 20 heavy (non-hydrogen) atoms. The Morgan fingerprint density at radius 2 is 2.15 bits per heavy atom. The summed E-state index contributed by atoms with van der Waals surface area (Å²) in [5, 5.41) is 20.9. The molecule has 1 heterocycles. The van der Waals surface area contributed by atoms with Crippen molar-refractivity contribution >= 4 is 11.4 Å². The molecule has 0 aromatic heterocycles. The number of piperidine rings is 1. The molecule has 0 radical (unpaired) electrons. The van der Waals surface area contributed by atoms with Gasteiger partial charge in [-0.05, 0) is 44.2 Å². The Labute approximate surface area is 119 Å². The van der Waals surface area contributed by atoms with Crippen molar-refractivity contribution in [2.75, 3.05) is 11.4 Å². The fourth-order valence-electron chi connectivity index (χ4n) is 2.86. The number of benzene rings is 1. The molecule has 110 valence electrons. The van der Waals surface area contributed by atoms with Crippen LogP contribution in [0.15, 0.2) is 18.2 Å². The zero-order valence-corrected chi connectivity index (χ0v) is 12.2. The fraction of sp³-hybridized carbons (Fsp3) is 0.600. The highest BCUT2D eigenvalue weighted by Crippen LogP contribution is 2.36. The van der Waals surface area contributed by atoms with Crippen LogP contribution in [0.5, 0.6) is 0 Å². The molecule has 1 aliphatic rings.